The second-order valence-corrected chi connectivity index (χ2v) is 8.90. The van der Waals surface area contributed by atoms with Crippen molar-refractivity contribution in [3.8, 4) is 5.75 Å². The van der Waals surface area contributed by atoms with Crippen LogP contribution in [0.1, 0.15) is 44.4 Å². The molecule has 3 aromatic carbocycles. The lowest BCUT2D eigenvalue weighted by atomic mass is 9.97. The largest absolute Gasteiger partial charge is 0.490 e. The Morgan fingerprint density at radius 2 is 1.73 bits per heavy atom. The smallest absolute Gasteiger partial charge is 0.416 e. The standard InChI is InChI=1S/C29H22F3NO4/c1-4-12-36-21-10-8-18(9-11-21)25-24-26(34)22-13-16(2)17(3)14-23(22)37-27(24)28(35)33(25)20-7-5-6-19(15-20)29(30,31)32/h4-11,13-15,25H,1,12H2,2-3H3. The molecule has 1 aromatic heterocycles. The van der Waals surface area contributed by atoms with Crippen molar-refractivity contribution in [2.24, 2.45) is 0 Å². The van der Waals surface area contributed by atoms with Gasteiger partial charge in [-0.1, -0.05) is 30.9 Å². The van der Waals surface area contributed by atoms with Crippen molar-refractivity contribution in [1.29, 1.82) is 0 Å². The zero-order valence-electron chi connectivity index (χ0n) is 20.1. The lowest BCUT2D eigenvalue weighted by Crippen LogP contribution is -2.29. The van der Waals surface area contributed by atoms with E-state index in [9.17, 15) is 22.8 Å². The number of halogens is 3. The zero-order chi connectivity index (χ0) is 26.5. The topological polar surface area (TPSA) is 59.8 Å². The van der Waals surface area contributed by atoms with Gasteiger partial charge in [0.15, 0.2) is 5.43 Å². The van der Waals surface area contributed by atoms with Crippen molar-refractivity contribution < 1.29 is 27.1 Å². The van der Waals surface area contributed by atoms with Crippen LogP contribution < -0.4 is 15.1 Å². The van der Waals surface area contributed by atoms with Crippen LogP contribution in [-0.2, 0) is 6.18 Å². The van der Waals surface area contributed by atoms with Crippen LogP contribution in [0.15, 0.2) is 82.5 Å². The third-order valence-electron chi connectivity index (χ3n) is 6.50. The number of benzene rings is 3. The number of anilines is 1. The number of fused-ring (bicyclic) bond motifs is 2. The van der Waals surface area contributed by atoms with Crippen LogP contribution in [-0.4, -0.2) is 12.5 Å². The van der Waals surface area contributed by atoms with Gasteiger partial charge in [0, 0.05) is 5.69 Å². The van der Waals surface area contributed by atoms with Gasteiger partial charge in [-0.15, -0.1) is 0 Å². The molecule has 0 radical (unpaired) electrons. The van der Waals surface area contributed by atoms with Gasteiger partial charge in [-0.3, -0.25) is 14.5 Å². The summed E-state index contributed by atoms with van der Waals surface area (Å²) in [5.74, 6) is -0.339. The number of carbonyl (C=O) groups excluding carboxylic acids is 1. The van der Waals surface area contributed by atoms with Crippen LogP contribution in [0.25, 0.3) is 11.0 Å². The van der Waals surface area contributed by atoms with Gasteiger partial charge in [-0.25, -0.2) is 0 Å². The molecule has 0 saturated carbocycles. The molecule has 1 aliphatic heterocycles. The first-order chi connectivity index (χ1) is 17.6. The lowest BCUT2D eigenvalue weighted by molar-refractivity contribution is -0.137. The molecule has 8 heteroatoms. The minimum atomic E-state index is -4.61. The molecule has 5 rings (SSSR count). The Hall–Kier alpha value is -4.33. The van der Waals surface area contributed by atoms with Crippen molar-refractivity contribution in [3.63, 3.8) is 0 Å². The van der Waals surface area contributed by atoms with Crippen molar-refractivity contribution in [3.05, 3.63) is 117 Å². The van der Waals surface area contributed by atoms with E-state index in [1.54, 1.807) is 42.5 Å². The quantitative estimate of drug-likeness (QED) is 0.282. The summed E-state index contributed by atoms with van der Waals surface area (Å²) in [5.41, 5.74) is 1.29. The van der Waals surface area contributed by atoms with Gasteiger partial charge in [-0.2, -0.15) is 13.2 Å². The molecule has 1 amide bonds. The molecule has 37 heavy (non-hydrogen) atoms. The molecule has 1 aliphatic rings. The fourth-order valence-corrected chi connectivity index (χ4v) is 4.54. The number of hydrogen-bond acceptors (Lipinski definition) is 4. The van der Waals surface area contributed by atoms with Gasteiger partial charge in [0.25, 0.3) is 5.91 Å². The average Bonchev–Trinajstić information content (AvgIpc) is 3.16. The summed E-state index contributed by atoms with van der Waals surface area (Å²) in [6, 6.07) is 13.6. The van der Waals surface area contributed by atoms with Gasteiger partial charge < -0.3 is 9.15 Å². The first kappa shape index (κ1) is 24.4. The number of hydrogen-bond donors (Lipinski definition) is 0. The molecule has 0 spiro atoms. The maximum atomic E-state index is 13.8. The Morgan fingerprint density at radius 1 is 1.03 bits per heavy atom. The Labute approximate surface area is 210 Å². The highest BCUT2D eigenvalue weighted by atomic mass is 19.4. The molecular formula is C29H22F3NO4. The predicted octanol–water partition coefficient (Wildman–Crippen LogP) is 6.74. The van der Waals surface area contributed by atoms with E-state index in [2.05, 4.69) is 6.58 Å². The first-order valence-corrected chi connectivity index (χ1v) is 11.5. The second-order valence-electron chi connectivity index (χ2n) is 8.90. The van der Waals surface area contributed by atoms with Gasteiger partial charge in [-0.05, 0) is 73.0 Å². The normalized spacial score (nSPS) is 15.2. The summed E-state index contributed by atoms with van der Waals surface area (Å²) < 4.78 is 52.0. The van der Waals surface area contributed by atoms with E-state index in [0.29, 0.717) is 16.7 Å². The Kier molecular flexibility index (Phi) is 5.90. The van der Waals surface area contributed by atoms with Crippen molar-refractivity contribution in [2.75, 3.05) is 11.5 Å². The second kappa shape index (κ2) is 8.96. The van der Waals surface area contributed by atoms with Crippen LogP contribution in [0, 0.1) is 13.8 Å². The van der Waals surface area contributed by atoms with Crippen LogP contribution in [0.3, 0.4) is 0 Å². The number of nitrogens with zero attached hydrogens (tertiary/aromatic N) is 1. The highest BCUT2D eigenvalue weighted by molar-refractivity contribution is 6.10. The van der Waals surface area contributed by atoms with E-state index < -0.39 is 29.1 Å². The molecule has 0 bridgehead atoms. The summed E-state index contributed by atoms with van der Waals surface area (Å²) in [6.07, 6.45) is -3.02. The van der Waals surface area contributed by atoms with Crippen LogP contribution >= 0.6 is 0 Å². The maximum absolute atomic E-state index is 13.8. The van der Waals surface area contributed by atoms with Gasteiger partial charge in [0.05, 0.1) is 22.6 Å². The van der Waals surface area contributed by atoms with Crippen molar-refractivity contribution >= 4 is 22.6 Å². The molecule has 2 heterocycles. The van der Waals surface area contributed by atoms with Gasteiger partial charge in [0.1, 0.15) is 17.9 Å². The van der Waals surface area contributed by atoms with E-state index in [0.717, 1.165) is 23.3 Å². The number of aryl methyl sites for hydroxylation is 2. The number of amides is 1. The minimum Gasteiger partial charge on any atom is -0.490 e. The fraction of sp³-hybridized carbons (Fsp3) is 0.172. The molecule has 5 nitrogen and oxygen atoms in total. The Morgan fingerprint density at radius 3 is 2.41 bits per heavy atom. The van der Waals surface area contributed by atoms with Crippen molar-refractivity contribution in [1.82, 2.24) is 0 Å². The van der Waals surface area contributed by atoms with E-state index in [4.69, 9.17) is 9.15 Å². The maximum Gasteiger partial charge on any atom is 0.416 e. The average molecular weight is 505 g/mol. The monoisotopic (exact) mass is 505 g/mol. The minimum absolute atomic E-state index is 0.000902. The fourth-order valence-electron chi connectivity index (χ4n) is 4.54. The third-order valence-corrected chi connectivity index (χ3v) is 6.50. The molecule has 188 valence electrons. The molecule has 0 fully saturated rings. The molecule has 0 saturated heterocycles. The first-order valence-electron chi connectivity index (χ1n) is 11.5. The highest BCUT2D eigenvalue weighted by Gasteiger charge is 2.44. The van der Waals surface area contributed by atoms with E-state index in [1.807, 2.05) is 13.8 Å². The van der Waals surface area contributed by atoms with Crippen LogP contribution in [0.2, 0.25) is 0 Å². The number of alkyl halides is 3. The summed E-state index contributed by atoms with van der Waals surface area (Å²) >= 11 is 0. The third kappa shape index (κ3) is 4.18. The molecule has 0 aliphatic carbocycles. The summed E-state index contributed by atoms with van der Waals surface area (Å²) in [4.78, 5) is 28.6. The molecule has 0 N–H and O–H groups in total. The number of rotatable bonds is 5. The molecule has 1 atom stereocenters. The molecule has 1 unspecified atom stereocenters. The van der Waals surface area contributed by atoms with E-state index in [1.165, 1.54) is 17.0 Å². The van der Waals surface area contributed by atoms with E-state index in [-0.39, 0.29) is 29.2 Å². The van der Waals surface area contributed by atoms with Gasteiger partial charge in [0.2, 0.25) is 5.76 Å². The zero-order valence-corrected chi connectivity index (χ0v) is 20.1. The number of ether oxygens (including phenoxy) is 1. The van der Waals surface area contributed by atoms with Crippen LogP contribution in [0.5, 0.6) is 5.75 Å². The van der Waals surface area contributed by atoms with Gasteiger partial charge >= 0.3 is 6.18 Å². The predicted molar refractivity (Wildman–Crippen MR) is 134 cm³/mol. The molecule has 4 aromatic rings. The van der Waals surface area contributed by atoms with Crippen LogP contribution in [0.4, 0.5) is 18.9 Å². The Balaban J connectivity index is 1.74. The van der Waals surface area contributed by atoms with E-state index >= 15 is 0 Å². The Bertz CT molecular complexity index is 1600. The van der Waals surface area contributed by atoms with Crippen molar-refractivity contribution in [2.45, 2.75) is 26.1 Å². The highest BCUT2D eigenvalue weighted by Crippen LogP contribution is 2.43. The summed E-state index contributed by atoms with van der Waals surface area (Å²) in [5, 5.41) is 0.302. The summed E-state index contributed by atoms with van der Waals surface area (Å²) in [7, 11) is 0. The summed E-state index contributed by atoms with van der Waals surface area (Å²) in [6.45, 7) is 7.62. The lowest BCUT2D eigenvalue weighted by Gasteiger charge is -2.26. The SMILES string of the molecule is C=CCOc1ccc(C2c3c(oc4cc(C)c(C)cc4c3=O)C(=O)N2c2cccc(C(F)(F)F)c2)cc1. The number of carbonyl (C=O) groups is 1. The molecular weight excluding hydrogens is 483 g/mol.